The number of ketones is 1. The van der Waals surface area contributed by atoms with Gasteiger partial charge in [0.25, 0.3) is 0 Å². The molecular weight excluding hydrogens is 370 g/mol. The van der Waals surface area contributed by atoms with Gasteiger partial charge in [0.15, 0.2) is 16.6 Å². The van der Waals surface area contributed by atoms with Gasteiger partial charge in [-0.1, -0.05) is 30.3 Å². The number of alkyl halides is 2. The van der Waals surface area contributed by atoms with Crippen LogP contribution in [0, 0.1) is 28.6 Å². The highest BCUT2D eigenvalue weighted by atomic mass is 32.2. The number of rotatable bonds is 2. The van der Waals surface area contributed by atoms with Gasteiger partial charge in [-0.05, 0) is 62.5 Å². The number of halogens is 2. The maximum atomic E-state index is 16.7. The second kappa shape index (κ2) is 6.24. The molecule has 0 amide bonds. The summed E-state index contributed by atoms with van der Waals surface area (Å²) in [5.74, 6) is -0.867. The maximum absolute atomic E-state index is 16.7. The van der Waals surface area contributed by atoms with E-state index in [0.717, 1.165) is 12.0 Å². The Morgan fingerprint density at radius 2 is 2.04 bits per heavy atom. The van der Waals surface area contributed by atoms with Crippen LogP contribution in [0.5, 0.6) is 0 Å². The van der Waals surface area contributed by atoms with Crippen molar-refractivity contribution in [2.75, 3.05) is 6.01 Å². The van der Waals surface area contributed by atoms with Crippen molar-refractivity contribution in [2.24, 2.45) is 28.6 Å². The van der Waals surface area contributed by atoms with Gasteiger partial charge >= 0.3 is 0 Å². The minimum absolute atomic E-state index is 0.0236. The van der Waals surface area contributed by atoms with Gasteiger partial charge in [-0.25, -0.2) is 8.78 Å². The Kier molecular flexibility index (Phi) is 4.47. The smallest absolute Gasteiger partial charge is 0.195 e. The third-order valence-electron chi connectivity index (χ3n) is 8.12. The fourth-order valence-electron chi connectivity index (χ4n) is 6.75. The van der Waals surface area contributed by atoms with Crippen molar-refractivity contribution >= 4 is 22.7 Å². The Bertz CT molecular complexity index is 750. The predicted octanol–water partition coefficient (Wildman–Crippen LogP) is 4.16. The van der Waals surface area contributed by atoms with Crippen molar-refractivity contribution in [1.29, 1.82) is 0 Å². The molecular formula is C21H26F2O3S. The molecule has 0 aromatic heterocycles. The van der Waals surface area contributed by atoms with E-state index in [1.165, 1.54) is 12.2 Å². The minimum Gasteiger partial charge on any atom is -0.390 e. The lowest BCUT2D eigenvalue weighted by molar-refractivity contribution is -0.194. The molecule has 2 unspecified atom stereocenters. The van der Waals surface area contributed by atoms with Gasteiger partial charge < -0.3 is 5.11 Å². The van der Waals surface area contributed by atoms with Crippen molar-refractivity contribution in [3.63, 3.8) is 0 Å². The van der Waals surface area contributed by atoms with Crippen LogP contribution >= 0.6 is 11.8 Å². The summed E-state index contributed by atoms with van der Waals surface area (Å²) in [4.78, 5) is 24.3. The number of carbonyl (C=O) groups is 2. The lowest BCUT2D eigenvalue weighted by atomic mass is 9.45. The molecule has 3 fully saturated rings. The van der Waals surface area contributed by atoms with Gasteiger partial charge in [0.1, 0.15) is 6.01 Å². The van der Waals surface area contributed by atoms with Crippen LogP contribution < -0.4 is 0 Å². The first-order chi connectivity index (χ1) is 12.7. The molecule has 27 heavy (non-hydrogen) atoms. The highest BCUT2D eigenvalue weighted by Gasteiger charge is 2.70. The molecule has 3 nitrogen and oxygen atoms in total. The summed E-state index contributed by atoms with van der Waals surface area (Å²) < 4.78 is 29.5. The molecule has 0 saturated heterocycles. The van der Waals surface area contributed by atoms with Crippen molar-refractivity contribution in [3.8, 4) is 0 Å². The molecule has 0 aromatic rings. The number of fused-ring (bicyclic) bond motifs is 5. The fourth-order valence-corrected chi connectivity index (χ4v) is 7.45. The van der Waals surface area contributed by atoms with Crippen LogP contribution in [0.1, 0.15) is 46.0 Å². The number of thioether (sulfide) groups is 1. The van der Waals surface area contributed by atoms with E-state index in [2.05, 4.69) is 0 Å². The Morgan fingerprint density at radius 3 is 2.74 bits per heavy atom. The molecule has 0 radical (unpaired) electrons. The summed E-state index contributed by atoms with van der Waals surface area (Å²) in [6.45, 7) is 3.76. The molecule has 0 bridgehead atoms. The summed E-state index contributed by atoms with van der Waals surface area (Å²) in [6.07, 6.45) is 6.08. The zero-order valence-electron chi connectivity index (χ0n) is 15.7. The summed E-state index contributed by atoms with van der Waals surface area (Å²) in [7, 11) is 0. The number of allylic oxidation sites excluding steroid dienone is 4. The highest BCUT2D eigenvalue weighted by Crippen LogP contribution is 2.69. The average Bonchev–Trinajstić information content (AvgIpc) is 2.94. The van der Waals surface area contributed by atoms with Crippen molar-refractivity contribution in [3.05, 3.63) is 23.8 Å². The highest BCUT2D eigenvalue weighted by molar-refractivity contribution is 8.13. The average molecular weight is 396 g/mol. The molecule has 4 aliphatic carbocycles. The van der Waals surface area contributed by atoms with Crippen molar-refractivity contribution < 1.29 is 23.5 Å². The normalized spacial score (nSPS) is 48.5. The first-order valence-corrected chi connectivity index (χ1v) is 10.7. The van der Waals surface area contributed by atoms with E-state index in [9.17, 15) is 19.1 Å². The van der Waals surface area contributed by atoms with Gasteiger partial charge in [-0.2, -0.15) is 0 Å². The van der Waals surface area contributed by atoms with E-state index in [1.54, 1.807) is 13.0 Å². The lowest BCUT2D eigenvalue weighted by Crippen LogP contribution is -2.66. The molecule has 4 aliphatic rings. The number of aliphatic hydroxyl groups excluding tert-OH is 1. The van der Waals surface area contributed by atoms with E-state index in [1.807, 2.05) is 6.92 Å². The van der Waals surface area contributed by atoms with E-state index >= 15 is 4.39 Å². The van der Waals surface area contributed by atoms with Crippen LogP contribution in [0.4, 0.5) is 8.78 Å². The van der Waals surface area contributed by atoms with Gasteiger partial charge in [-0.3, -0.25) is 9.59 Å². The predicted molar refractivity (Wildman–Crippen MR) is 100 cm³/mol. The van der Waals surface area contributed by atoms with E-state index < -0.39 is 28.6 Å². The SMILES string of the molecule is C[C@]12C=CC(=O)C=C1CC[C@H]1[C@@H]3CCC(C(=O)SCF)[C@@]3(C)C[C@H](O)C12F. The zero-order chi connectivity index (χ0) is 19.6. The molecule has 0 spiro atoms. The third kappa shape index (κ3) is 2.41. The first kappa shape index (κ1) is 19.3. The molecule has 4 rings (SSSR count). The summed E-state index contributed by atoms with van der Waals surface area (Å²) in [5, 5.41) is 10.9. The van der Waals surface area contributed by atoms with Crippen LogP contribution in [0.15, 0.2) is 23.8 Å². The number of carbonyl (C=O) groups excluding carboxylic acids is 2. The van der Waals surface area contributed by atoms with E-state index in [-0.39, 0.29) is 35.1 Å². The van der Waals surface area contributed by atoms with Gasteiger partial charge in [0.05, 0.1) is 6.10 Å². The molecule has 0 aromatic carbocycles. The summed E-state index contributed by atoms with van der Waals surface area (Å²) >= 11 is 0.691. The molecule has 148 valence electrons. The van der Waals surface area contributed by atoms with Gasteiger partial charge in [0, 0.05) is 17.3 Å². The Morgan fingerprint density at radius 1 is 1.30 bits per heavy atom. The fraction of sp³-hybridized carbons (Fsp3) is 0.714. The lowest BCUT2D eigenvalue weighted by Gasteiger charge is -2.61. The third-order valence-corrected chi connectivity index (χ3v) is 8.80. The van der Waals surface area contributed by atoms with Gasteiger partial charge in [-0.15, -0.1) is 0 Å². The molecule has 1 N–H and O–H groups in total. The Labute approximate surface area is 162 Å². The van der Waals surface area contributed by atoms with Crippen LogP contribution in [0.2, 0.25) is 0 Å². The number of hydrogen-bond acceptors (Lipinski definition) is 4. The molecule has 7 atom stereocenters. The summed E-state index contributed by atoms with van der Waals surface area (Å²) in [5.41, 5.74) is -2.61. The molecule has 0 aliphatic heterocycles. The van der Waals surface area contributed by atoms with Crippen LogP contribution in [-0.4, -0.2) is 33.8 Å². The maximum Gasteiger partial charge on any atom is 0.195 e. The molecule has 3 saturated carbocycles. The minimum atomic E-state index is -1.86. The number of hydrogen-bond donors (Lipinski definition) is 1. The first-order valence-electron chi connectivity index (χ1n) is 9.72. The second-order valence-corrected chi connectivity index (χ2v) is 9.96. The molecule has 6 heteroatoms. The van der Waals surface area contributed by atoms with Crippen LogP contribution in [-0.2, 0) is 9.59 Å². The van der Waals surface area contributed by atoms with Crippen molar-refractivity contribution in [2.45, 2.75) is 57.7 Å². The standard InChI is InChI=1S/C21H26F2O3S/c1-19-10-17(25)21(23)15(14(19)5-6-16(19)18(26)27-11-22)4-3-12-9-13(24)7-8-20(12,21)2/h7-9,14-17,25H,3-6,10-11H2,1-2H3/t14-,15-,16?,17-,19-,20-,21?/m0/s1. The van der Waals surface area contributed by atoms with Crippen LogP contribution in [0.3, 0.4) is 0 Å². The number of aliphatic hydroxyl groups is 1. The monoisotopic (exact) mass is 396 g/mol. The van der Waals surface area contributed by atoms with Gasteiger partial charge in [0.2, 0.25) is 0 Å². The Hall–Kier alpha value is -1.01. The van der Waals surface area contributed by atoms with Crippen LogP contribution in [0.25, 0.3) is 0 Å². The van der Waals surface area contributed by atoms with Crippen molar-refractivity contribution in [1.82, 2.24) is 0 Å². The molecule has 0 heterocycles. The van der Waals surface area contributed by atoms with E-state index in [4.69, 9.17) is 0 Å². The topological polar surface area (TPSA) is 54.4 Å². The second-order valence-electron chi connectivity index (χ2n) is 9.06. The van der Waals surface area contributed by atoms with E-state index in [0.29, 0.717) is 31.0 Å². The zero-order valence-corrected chi connectivity index (χ0v) is 16.5. The quantitative estimate of drug-likeness (QED) is 0.762. The Balaban J connectivity index is 1.74. The summed E-state index contributed by atoms with van der Waals surface area (Å²) in [6, 6.07) is -0.750. The largest absolute Gasteiger partial charge is 0.390 e.